The Bertz CT molecular complexity index is 921. The van der Waals surface area contributed by atoms with Crippen molar-refractivity contribution in [3.05, 3.63) is 49.4 Å². The van der Waals surface area contributed by atoms with Gasteiger partial charge in [-0.1, -0.05) is 12.1 Å². The fourth-order valence-electron chi connectivity index (χ4n) is 2.05. The van der Waals surface area contributed by atoms with E-state index in [4.69, 9.17) is 9.47 Å². The average molecular weight is 347 g/mol. The molecule has 0 aliphatic rings. The van der Waals surface area contributed by atoms with E-state index < -0.39 is 5.97 Å². The molecule has 1 aromatic heterocycles. The molecule has 2 aromatic rings. The van der Waals surface area contributed by atoms with Crippen LogP contribution in [0, 0.1) is 0 Å². The number of aromatic nitrogens is 1. The molecule has 0 unspecified atom stereocenters. The number of benzene rings is 1. The Balaban J connectivity index is 2.62. The van der Waals surface area contributed by atoms with Gasteiger partial charge in [-0.2, -0.15) is 0 Å². The van der Waals surface area contributed by atoms with Crippen molar-refractivity contribution >= 4 is 35.2 Å². The monoisotopic (exact) mass is 347 g/mol. The molecule has 0 atom stereocenters. The van der Waals surface area contributed by atoms with Crippen molar-refractivity contribution in [2.45, 2.75) is 6.92 Å². The van der Waals surface area contributed by atoms with Gasteiger partial charge in [-0.15, -0.1) is 11.3 Å². The Kier molecular flexibility index (Phi) is 5.70. The maximum absolute atomic E-state index is 12.4. The lowest BCUT2D eigenvalue weighted by Gasteiger charge is -1.99. The summed E-state index contributed by atoms with van der Waals surface area (Å²) >= 11 is 1.07. The molecule has 0 aliphatic heterocycles. The molecule has 126 valence electrons. The second kappa shape index (κ2) is 7.74. The number of carbonyl (C=O) groups excluding carboxylic acids is 2. The molecule has 7 heteroatoms. The Morgan fingerprint density at radius 3 is 2.50 bits per heavy atom. The summed E-state index contributed by atoms with van der Waals surface area (Å²) in [6, 6.07) is 7.19. The van der Waals surface area contributed by atoms with Crippen molar-refractivity contribution in [1.82, 2.24) is 4.57 Å². The lowest BCUT2D eigenvalue weighted by Crippen LogP contribution is -2.31. The minimum absolute atomic E-state index is 0.153. The molecule has 0 bridgehead atoms. The molecule has 0 spiro atoms. The molecule has 0 N–H and O–H groups in total. The van der Waals surface area contributed by atoms with Crippen LogP contribution in [-0.4, -0.2) is 30.5 Å². The number of methoxy groups -OCH3 is 1. The topological polar surface area (TPSA) is 74.6 Å². The number of nitrogens with zero attached hydrogens (tertiary/aromatic N) is 1. The fraction of sp³-hybridized carbons (Fsp3) is 0.235. The third-order valence-corrected chi connectivity index (χ3v) is 4.48. The normalized spacial score (nSPS) is 12.7. The van der Waals surface area contributed by atoms with E-state index in [1.807, 2.05) is 12.1 Å². The van der Waals surface area contributed by atoms with Crippen molar-refractivity contribution in [1.29, 1.82) is 0 Å². The van der Waals surface area contributed by atoms with Gasteiger partial charge < -0.3 is 14.0 Å². The predicted molar refractivity (Wildman–Crippen MR) is 91.5 cm³/mol. The maximum atomic E-state index is 12.4. The zero-order valence-electron chi connectivity index (χ0n) is 13.6. The minimum atomic E-state index is -0.736. The van der Waals surface area contributed by atoms with Crippen LogP contribution in [-0.2, 0) is 21.4 Å². The Morgan fingerprint density at radius 2 is 1.96 bits per heavy atom. The molecule has 24 heavy (non-hydrogen) atoms. The molecule has 0 fully saturated rings. The first-order valence-electron chi connectivity index (χ1n) is 7.20. The molecule has 0 aliphatic carbocycles. The van der Waals surface area contributed by atoms with Gasteiger partial charge in [0.1, 0.15) is 16.0 Å². The van der Waals surface area contributed by atoms with Gasteiger partial charge in [0.2, 0.25) is 0 Å². The molecule has 1 heterocycles. The van der Waals surface area contributed by atoms with Gasteiger partial charge in [0.25, 0.3) is 5.56 Å². The first kappa shape index (κ1) is 17.7. The highest BCUT2D eigenvalue weighted by Gasteiger charge is 2.14. The van der Waals surface area contributed by atoms with E-state index in [-0.39, 0.29) is 22.4 Å². The number of ether oxygens (including phenoxy) is 2. The third kappa shape index (κ3) is 3.62. The molecule has 6 nitrogen and oxygen atoms in total. The Hall–Kier alpha value is -2.67. The molecular weight excluding hydrogens is 330 g/mol. The quantitative estimate of drug-likeness (QED) is 0.439. The summed E-state index contributed by atoms with van der Waals surface area (Å²) in [5.74, 6) is -0.0221. The largest absolute Gasteiger partial charge is 0.497 e. The van der Waals surface area contributed by atoms with Crippen LogP contribution < -0.4 is 19.5 Å². The van der Waals surface area contributed by atoms with Crippen LogP contribution >= 0.6 is 11.3 Å². The lowest BCUT2D eigenvalue weighted by molar-refractivity contribution is -0.136. The molecule has 2 rings (SSSR count). The van der Waals surface area contributed by atoms with E-state index in [1.54, 1.807) is 32.2 Å². The van der Waals surface area contributed by atoms with Crippen molar-refractivity contribution in [2.75, 3.05) is 13.7 Å². The molecule has 0 saturated carbocycles. The van der Waals surface area contributed by atoms with Crippen LogP contribution in [0.3, 0.4) is 0 Å². The molecule has 0 amide bonds. The summed E-state index contributed by atoms with van der Waals surface area (Å²) in [4.78, 5) is 35.5. The van der Waals surface area contributed by atoms with Crippen molar-refractivity contribution in [3.63, 3.8) is 0 Å². The highest BCUT2D eigenvalue weighted by Crippen LogP contribution is 2.11. The summed E-state index contributed by atoms with van der Waals surface area (Å²) in [5.41, 5.74) is 0.371. The smallest absolute Gasteiger partial charge is 0.344 e. The maximum Gasteiger partial charge on any atom is 0.344 e. The summed E-state index contributed by atoms with van der Waals surface area (Å²) in [5, 5.41) is 0. The molecule has 0 saturated heterocycles. The van der Waals surface area contributed by atoms with Crippen LogP contribution in [0.15, 0.2) is 29.1 Å². The lowest BCUT2D eigenvalue weighted by atomic mass is 10.2. The summed E-state index contributed by atoms with van der Waals surface area (Å²) in [6.45, 7) is 1.80. The van der Waals surface area contributed by atoms with E-state index in [2.05, 4.69) is 0 Å². The van der Waals surface area contributed by atoms with Gasteiger partial charge in [-0.3, -0.25) is 9.59 Å². The van der Waals surface area contributed by atoms with Gasteiger partial charge in [0, 0.05) is 7.05 Å². The second-order valence-electron chi connectivity index (χ2n) is 4.81. The Morgan fingerprint density at radius 1 is 1.29 bits per heavy atom. The van der Waals surface area contributed by atoms with Gasteiger partial charge in [0.05, 0.1) is 18.2 Å². The molecule has 1 aromatic carbocycles. The molecule has 0 radical (unpaired) electrons. The summed E-state index contributed by atoms with van der Waals surface area (Å²) in [6.07, 6.45) is 2.12. The van der Waals surface area contributed by atoms with Gasteiger partial charge in [0.15, 0.2) is 6.29 Å². The first-order chi connectivity index (χ1) is 11.5. The number of esters is 1. The van der Waals surface area contributed by atoms with Crippen LogP contribution in [0.1, 0.15) is 12.5 Å². The standard InChI is InChI=1S/C17H17NO5S/c1-4-23-17(21)13(10-19)16-18(2)15(20)14(24-16)9-11-5-7-12(22-3)8-6-11/h5-10H,4H2,1-3H3/b14-9+,16-13+. The number of aldehydes is 1. The van der Waals surface area contributed by atoms with Crippen molar-refractivity contribution in [3.8, 4) is 5.75 Å². The van der Waals surface area contributed by atoms with Crippen LogP contribution in [0.25, 0.3) is 11.6 Å². The molecular formula is C17H17NO5S. The summed E-state index contributed by atoms with van der Waals surface area (Å²) < 4.78 is 11.9. The van der Waals surface area contributed by atoms with Crippen LogP contribution in [0.2, 0.25) is 0 Å². The fourth-order valence-corrected chi connectivity index (χ4v) is 3.14. The highest BCUT2D eigenvalue weighted by molar-refractivity contribution is 7.07. The average Bonchev–Trinajstić information content (AvgIpc) is 2.85. The van der Waals surface area contributed by atoms with E-state index >= 15 is 0 Å². The number of hydrogen-bond acceptors (Lipinski definition) is 6. The number of thiazole rings is 1. The van der Waals surface area contributed by atoms with Crippen molar-refractivity contribution < 1.29 is 19.1 Å². The third-order valence-electron chi connectivity index (χ3n) is 3.28. The van der Waals surface area contributed by atoms with E-state index in [0.717, 1.165) is 16.9 Å². The number of rotatable bonds is 5. The zero-order valence-corrected chi connectivity index (χ0v) is 14.4. The van der Waals surface area contributed by atoms with E-state index in [9.17, 15) is 14.4 Å². The van der Waals surface area contributed by atoms with E-state index in [1.165, 1.54) is 11.6 Å². The second-order valence-corrected chi connectivity index (χ2v) is 5.84. The summed E-state index contributed by atoms with van der Waals surface area (Å²) in [7, 11) is 3.09. The predicted octanol–water partition coefficient (Wildman–Crippen LogP) is 0.197. The first-order valence-corrected chi connectivity index (χ1v) is 8.01. The van der Waals surface area contributed by atoms with Crippen LogP contribution in [0.5, 0.6) is 5.75 Å². The zero-order chi connectivity index (χ0) is 17.7. The van der Waals surface area contributed by atoms with Gasteiger partial charge in [-0.05, 0) is 30.7 Å². The van der Waals surface area contributed by atoms with Crippen LogP contribution in [0.4, 0.5) is 0 Å². The minimum Gasteiger partial charge on any atom is -0.497 e. The van der Waals surface area contributed by atoms with Gasteiger partial charge in [-0.25, -0.2) is 4.79 Å². The van der Waals surface area contributed by atoms with Crippen molar-refractivity contribution in [2.24, 2.45) is 7.05 Å². The Labute approximate surface area is 142 Å². The van der Waals surface area contributed by atoms with E-state index in [0.29, 0.717) is 16.6 Å². The SMILES string of the molecule is CCOC(=O)/C(C=O)=c1/s/c(=C/c2ccc(OC)cc2)c(=O)n1C. The number of carbonyl (C=O) groups is 2. The number of hydrogen-bond donors (Lipinski definition) is 0. The van der Waals surface area contributed by atoms with Gasteiger partial charge >= 0.3 is 5.97 Å². The highest BCUT2D eigenvalue weighted by atomic mass is 32.1.